The van der Waals surface area contributed by atoms with Crippen LogP contribution in [0.2, 0.25) is 0 Å². The van der Waals surface area contributed by atoms with Gasteiger partial charge in [-0.15, -0.1) is 18.3 Å². The third-order valence-electron chi connectivity index (χ3n) is 7.36. The van der Waals surface area contributed by atoms with E-state index in [4.69, 9.17) is 0 Å². The molecule has 3 amide bonds. The lowest BCUT2D eigenvalue weighted by Crippen LogP contribution is -2.32. The number of carbonyl (C=O) groups excluding carboxylic acids is 2. The Bertz CT molecular complexity index is 1730. The summed E-state index contributed by atoms with van der Waals surface area (Å²) in [5.41, 5.74) is 6.26. The van der Waals surface area contributed by atoms with Crippen LogP contribution < -0.4 is 15.0 Å². The number of urea groups is 1. The summed E-state index contributed by atoms with van der Waals surface area (Å²) in [5, 5.41) is 7.69. The highest BCUT2D eigenvalue weighted by Gasteiger charge is 2.33. The number of carbonyl (C=O) groups is 2. The van der Waals surface area contributed by atoms with Crippen molar-refractivity contribution < 1.29 is 27.5 Å². The van der Waals surface area contributed by atoms with Gasteiger partial charge in [-0.2, -0.15) is 4.99 Å². The van der Waals surface area contributed by atoms with Gasteiger partial charge in [0.15, 0.2) is 11.0 Å². The molecule has 46 heavy (non-hydrogen) atoms. The van der Waals surface area contributed by atoms with Gasteiger partial charge in [0.05, 0.1) is 17.1 Å². The van der Waals surface area contributed by atoms with Gasteiger partial charge < -0.3 is 10.1 Å². The van der Waals surface area contributed by atoms with E-state index in [9.17, 15) is 22.8 Å². The van der Waals surface area contributed by atoms with E-state index in [1.54, 1.807) is 4.90 Å². The maximum atomic E-state index is 12.7. The van der Waals surface area contributed by atoms with Gasteiger partial charge in [-0.3, -0.25) is 9.69 Å². The van der Waals surface area contributed by atoms with E-state index in [0.29, 0.717) is 23.2 Å². The minimum absolute atomic E-state index is 0.0940. The van der Waals surface area contributed by atoms with Crippen LogP contribution in [0.3, 0.4) is 0 Å². The minimum atomic E-state index is -4.75. The van der Waals surface area contributed by atoms with Crippen molar-refractivity contribution in [1.82, 2.24) is 20.1 Å². The van der Waals surface area contributed by atoms with Crippen molar-refractivity contribution >= 4 is 34.6 Å². The molecule has 0 bridgehead atoms. The van der Waals surface area contributed by atoms with E-state index < -0.39 is 12.4 Å². The van der Waals surface area contributed by atoms with Crippen molar-refractivity contribution in [2.24, 2.45) is 10.9 Å². The van der Waals surface area contributed by atoms with Gasteiger partial charge in [-0.05, 0) is 80.5 Å². The number of halogens is 3. The Kier molecular flexibility index (Phi) is 9.80. The second kappa shape index (κ2) is 13.8. The summed E-state index contributed by atoms with van der Waals surface area (Å²) in [4.78, 5) is 35.5. The van der Waals surface area contributed by atoms with Crippen LogP contribution in [0.25, 0.3) is 17.1 Å². The highest BCUT2D eigenvalue weighted by Crippen LogP contribution is 2.33. The number of anilines is 1. The molecule has 0 spiro atoms. The van der Waals surface area contributed by atoms with E-state index in [2.05, 4.69) is 32.1 Å². The molecular weight excluding hydrogens is 617 g/mol. The predicted molar refractivity (Wildman–Crippen MR) is 172 cm³/mol. The predicted octanol–water partition coefficient (Wildman–Crippen LogP) is 7.17. The molecular formula is C33H33F3N6O3S. The van der Waals surface area contributed by atoms with Gasteiger partial charge in [-0.1, -0.05) is 60.6 Å². The lowest BCUT2D eigenvalue weighted by atomic mass is 9.97. The van der Waals surface area contributed by atoms with Crippen LogP contribution in [0.15, 0.2) is 72.0 Å². The van der Waals surface area contributed by atoms with Crippen molar-refractivity contribution in [1.29, 1.82) is 0 Å². The first-order chi connectivity index (χ1) is 21.9. The number of aliphatic imine (C=N–C) groups is 1. The zero-order valence-electron chi connectivity index (χ0n) is 25.8. The van der Waals surface area contributed by atoms with E-state index >= 15 is 0 Å². The second-order valence-electron chi connectivity index (χ2n) is 11.2. The normalized spacial score (nSPS) is 15.0. The summed E-state index contributed by atoms with van der Waals surface area (Å²) in [6, 6.07) is 16.8. The first-order valence-corrected chi connectivity index (χ1v) is 15.6. The molecule has 0 saturated carbocycles. The second-order valence-corrected chi connectivity index (χ2v) is 12.2. The van der Waals surface area contributed by atoms with Crippen LogP contribution in [0.5, 0.6) is 5.75 Å². The molecule has 1 aliphatic heterocycles. The van der Waals surface area contributed by atoms with Crippen molar-refractivity contribution in [3.8, 4) is 22.8 Å². The number of nitrogens with zero attached hydrogens (tertiary/aromatic N) is 5. The SMILES string of the molecule is Cc1cc(C)c(N2C(=O)CS/C2=N\C(=O)NCCC(C)Cc2ccc(-c3ncn(-c4ccc(OC(F)(F)F)cc4)n3)cc2)c(C)c1. The summed E-state index contributed by atoms with van der Waals surface area (Å²) in [7, 11) is 0. The Balaban J connectivity index is 1.12. The van der Waals surface area contributed by atoms with Crippen molar-refractivity contribution in [2.45, 2.75) is 46.9 Å². The molecule has 0 aliphatic carbocycles. The summed E-state index contributed by atoms with van der Waals surface area (Å²) in [5.74, 6) is 0.590. The quantitative estimate of drug-likeness (QED) is 0.206. The number of alkyl halides is 3. The van der Waals surface area contributed by atoms with Crippen LogP contribution in [-0.2, 0) is 11.2 Å². The summed E-state index contributed by atoms with van der Waals surface area (Å²) in [6.07, 6.45) is -1.72. The Morgan fingerprint density at radius 3 is 2.39 bits per heavy atom. The zero-order chi connectivity index (χ0) is 33.0. The fraction of sp³-hybridized carbons (Fsp3) is 0.303. The molecule has 4 aromatic rings. The lowest BCUT2D eigenvalue weighted by Gasteiger charge is -2.21. The number of hydrogen-bond acceptors (Lipinski definition) is 6. The van der Waals surface area contributed by atoms with Gasteiger partial charge in [0.1, 0.15) is 12.1 Å². The molecule has 240 valence electrons. The third-order valence-corrected chi connectivity index (χ3v) is 8.28. The van der Waals surface area contributed by atoms with Gasteiger partial charge in [-0.25, -0.2) is 14.5 Å². The van der Waals surface area contributed by atoms with Crippen LogP contribution in [0, 0.1) is 26.7 Å². The smallest absolute Gasteiger partial charge is 0.406 e. The molecule has 1 atom stereocenters. The number of aromatic nitrogens is 3. The molecule has 1 fully saturated rings. The van der Waals surface area contributed by atoms with Crippen LogP contribution in [-0.4, -0.2) is 50.5 Å². The first kappa shape index (κ1) is 32.7. The molecule has 1 N–H and O–H groups in total. The van der Waals surface area contributed by atoms with E-state index in [1.807, 2.05) is 57.2 Å². The number of ether oxygens (including phenoxy) is 1. The largest absolute Gasteiger partial charge is 0.573 e. The third kappa shape index (κ3) is 8.13. The summed E-state index contributed by atoms with van der Waals surface area (Å²) >= 11 is 1.26. The number of nitrogens with one attached hydrogen (secondary N) is 1. The van der Waals surface area contributed by atoms with Crippen molar-refractivity contribution in [3.63, 3.8) is 0 Å². The Morgan fingerprint density at radius 2 is 1.74 bits per heavy atom. The van der Waals surface area contributed by atoms with Gasteiger partial charge in [0.25, 0.3) is 0 Å². The molecule has 0 radical (unpaired) electrons. The molecule has 1 aromatic heterocycles. The zero-order valence-corrected chi connectivity index (χ0v) is 26.6. The fourth-order valence-corrected chi connectivity index (χ4v) is 6.21. The number of amides is 3. The number of amidine groups is 1. The molecule has 13 heteroatoms. The Morgan fingerprint density at radius 1 is 1.07 bits per heavy atom. The van der Waals surface area contributed by atoms with E-state index in [-0.39, 0.29) is 23.3 Å². The molecule has 5 rings (SSSR count). The van der Waals surface area contributed by atoms with Gasteiger partial charge in [0, 0.05) is 12.1 Å². The van der Waals surface area contributed by atoms with Crippen molar-refractivity contribution in [3.05, 3.63) is 89.2 Å². The average molecular weight is 651 g/mol. The number of benzene rings is 3. The average Bonchev–Trinajstić information content (AvgIpc) is 3.60. The monoisotopic (exact) mass is 650 g/mol. The first-order valence-electron chi connectivity index (χ1n) is 14.6. The molecule has 1 aliphatic rings. The van der Waals surface area contributed by atoms with Crippen molar-refractivity contribution in [2.75, 3.05) is 17.2 Å². The van der Waals surface area contributed by atoms with Gasteiger partial charge >= 0.3 is 12.4 Å². The van der Waals surface area contributed by atoms with Crippen LogP contribution >= 0.6 is 11.8 Å². The van der Waals surface area contributed by atoms with Crippen LogP contribution in [0.4, 0.5) is 23.7 Å². The Labute approximate surface area is 268 Å². The molecule has 1 unspecified atom stereocenters. The number of aryl methyl sites for hydroxylation is 3. The number of hydrogen-bond donors (Lipinski definition) is 1. The summed E-state index contributed by atoms with van der Waals surface area (Å²) < 4.78 is 42.6. The highest BCUT2D eigenvalue weighted by molar-refractivity contribution is 8.15. The lowest BCUT2D eigenvalue weighted by molar-refractivity contribution is -0.274. The number of thioether (sulfide) groups is 1. The highest BCUT2D eigenvalue weighted by atomic mass is 32.2. The van der Waals surface area contributed by atoms with Crippen LogP contribution in [0.1, 0.15) is 35.6 Å². The topological polar surface area (TPSA) is 102 Å². The van der Waals surface area contributed by atoms with E-state index in [0.717, 1.165) is 46.3 Å². The summed E-state index contributed by atoms with van der Waals surface area (Å²) in [6.45, 7) is 8.47. The molecule has 1 saturated heterocycles. The van der Waals surface area contributed by atoms with Gasteiger partial charge in [0.2, 0.25) is 5.91 Å². The standard InChI is InChI=1S/C33H33F3N6O3S/c1-20(13-14-37-31(44)39-32-42(28(43)18-46-32)29-22(3)15-21(2)16-23(29)4)17-24-5-7-25(8-6-24)30-38-19-41(40-30)26-9-11-27(12-10-26)45-33(34,35)36/h5-12,15-16,19-20H,13-14,17-18H2,1-4H3,(H,37,44)/b39-32-. The number of rotatable bonds is 9. The maximum absolute atomic E-state index is 12.7. The molecule has 3 aromatic carbocycles. The Hall–Kier alpha value is -4.65. The minimum Gasteiger partial charge on any atom is -0.406 e. The van der Waals surface area contributed by atoms with E-state index in [1.165, 1.54) is 47.0 Å². The maximum Gasteiger partial charge on any atom is 0.573 e. The molecule has 9 nitrogen and oxygen atoms in total. The fourth-order valence-electron chi connectivity index (χ4n) is 5.36. The molecule has 2 heterocycles.